The van der Waals surface area contributed by atoms with Crippen molar-refractivity contribution in [3.63, 3.8) is 0 Å². The summed E-state index contributed by atoms with van der Waals surface area (Å²) in [6.07, 6.45) is 2.23. The van der Waals surface area contributed by atoms with Crippen LogP contribution in [0.5, 0.6) is 0 Å². The summed E-state index contributed by atoms with van der Waals surface area (Å²) in [5.74, 6) is 0.923. The molecule has 0 saturated carbocycles. The van der Waals surface area contributed by atoms with Gasteiger partial charge < -0.3 is 16.0 Å². The second-order valence-corrected chi connectivity index (χ2v) is 5.92. The van der Waals surface area contributed by atoms with E-state index < -0.39 is 6.04 Å². The number of nitrogens with two attached hydrogens (primary N) is 1. The second kappa shape index (κ2) is 10.6. The Kier molecular flexibility index (Phi) is 10.0. The van der Waals surface area contributed by atoms with Gasteiger partial charge in [0.1, 0.15) is 6.04 Å². The molecule has 0 fully saturated rings. The summed E-state index contributed by atoms with van der Waals surface area (Å²) in [5.41, 5.74) is 5.61. The van der Waals surface area contributed by atoms with E-state index in [0.29, 0.717) is 37.9 Å². The lowest BCUT2D eigenvalue weighted by atomic mass is 9.88. The van der Waals surface area contributed by atoms with Crippen LogP contribution < -0.4 is 11.1 Å². The number of hydrogen-bond acceptors (Lipinski definition) is 3. The van der Waals surface area contributed by atoms with Gasteiger partial charge in [0.2, 0.25) is 11.8 Å². The van der Waals surface area contributed by atoms with Crippen molar-refractivity contribution in [1.82, 2.24) is 10.2 Å². The number of carbonyl (C=O) groups is 2. The summed E-state index contributed by atoms with van der Waals surface area (Å²) in [4.78, 5) is 25.8. The van der Waals surface area contributed by atoms with Gasteiger partial charge in [0, 0.05) is 19.5 Å². The number of nitrogens with one attached hydrogen (secondary N) is 1. The average Bonchev–Trinajstić information content (AvgIpc) is 2.44. The molecule has 0 aromatic carbocycles. The summed E-state index contributed by atoms with van der Waals surface area (Å²) in [6.45, 7) is 11.9. The molecule has 21 heavy (non-hydrogen) atoms. The Labute approximate surface area is 129 Å². The molecule has 0 aromatic heterocycles. The standard InChI is InChI=1S/C16H33N3O2/c1-6-19(7-2)16(21)13(5)18-15(20)9-8-14(10-11-17)12(3)4/h12-14H,6-11,17H2,1-5H3,(H,18,20). The van der Waals surface area contributed by atoms with Crippen LogP contribution in [0, 0.1) is 11.8 Å². The van der Waals surface area contributed by atoms with Crippen LogP contribution in [0.15, 0.2) is 0 Å². The van der Waals surface area contributed by atoms with Crippen LogP contribution in [0.1, 0.15) is 53.9 Å². The Balaban J connectivity index is 4.27. The van der Waals surface area contributed by atoms with E-state index in [-0.39, 0.29) is 11.8 Å². The smallest absolute Gasteiger partial charge is 0.244 e. The highest BCUT2D eigenvalue weighted by atomic mass is 16.2. The van der Waals surface area contributed by atoms with Crippen molar-refractivity contribution in [2.24, 2.45) is 17.6 Å². The van der Waals surface area contributed by atoms with E-state index in [0.717, 1.165) is 12.8 Å². The van der Waals surface area contributed by atoms with Gasteiger partial charge in [-0.2, -0.15) is 0 Å². The lowest BCUT2D eigenvalue weighted by Crippen LogP contribution is -2.46. The zero-order chi connectivity index (χ0) is 16.4. The Morgan fingerprint density at radius 1 is 1.10 bits per heavy atom. The first-order valence-electron chi connectivity index (χ1n) is 8.15. The van der Waals surface area contributed by atoms with Crippen molar-refractivity contribution in [2.75, 3.05) is 19.6 Å². The maximum absolute atomic E-state index is 12.1. The van der Waals surface area contributed by atoms with E-state index in [1.165, 1.54) is 0 Å². The summed E-state index contributed by atoms with van der Waals surface area (Å²) in [5, 5.41) is 2.80. The van der Waals surface area contributed by atoms with Crippen LogP contribution in [-0.4, -0.2) is 42.4 Å². The fourth-order valence-corrected chi connectivity index (χ4v) is 2.53. The number of likely N-dealkylation sites (N-methyl/N-ethyl adjacent to an activating group) is 1. The SMILES string of the molecule is CCN(CC)C(=O)C(C)NC(=O)CCC(CCN)C(C)C. The van der Waals surface area contributed by atoms with Crippen molar-refractivity contribution < 1.29 is 9.59 Å². The van der Waals surface area contributed by atoms with Crippen molar-refractivity contribution in [2.45, 2.75) is 59.9 Å². The van der Waals surface area contributed by atoms with Crippen LogP contribution in [0.3, 0.4) is 0 Å². The highest BCUT2D eigenvalue weighted by Crippen LogP contribution is 2.20. The Morgan fingerprint density at radius 2 is 1.67 bits per heavy atom. The molecule has 5 heteroatoms. The van der Waals surface area contributed by atoms with Gasteiger partial charge in [0.15, 0.2) is 0 Å². The van der Waals surface area contributed by atoms with Crippen molar-refractivity contribution >= 4 is 11.8 Å². The first kappa shape index (κ1) is 19.9. The molecule has 0 aliphatic heterocycles. The highest BCUT2D eigenvalue weighted by Gasteiger charge is 2.21. The summed E-state index contributed by atoms with van der Waals surface area (Å²) >= 11 is 0. The van der Waals surface area contributed by atoms with Crippen LogP contribution in [0.4, 0.5) is 0 Å². The zero-order valence-electron chi connectivity index (χ0n) is 14.3. The average molecular weight is 299 g/mol. The van der Waals surface area contributed by atoms with Gasteiger partial charge in [-0.05, 0) is 52.0 Å². The molecule has 2 amide bonds. The third kappa shape index (κ3) is 7.46. The number of hydrogen-bond donors (Lipinski definition) is 2. The Morgan fingerprint density at radius 3 is 2.10 bits per heavy atom. The molecule has 0 spiro atoms. The Hall–Kier alpha value is -1.10. The number of nitrogens with zero attached hydrogens (tertiary/aromatic N) is 1. The van der Waals surface area contributed by atoms with E-state index in [9.17, 15) is 9.59 Å². The van der Waals surface area contributed by atoms with Gasteiger partial charge in [-0.25, -0.2) is 0 Å². The van der Waals surface area contributed by atoms with Crippen molar-refractivity contribution in [3.05, 3.63) is 0 Å². The summed E-state index contributed by atoms with van der Waals surface area (Å²) in [7, 11) is 0. The third-order valence-corrected chi connectivity index (χ3v) is 4.05. The van der Waals surface area contributed by atoms with Crippen LogP contribution >= 0.6 is 0 Å². The van der Waals surface area contributed by atoms with E-state index in [4.69, 9.17) is 5.73 Å². The number of rotatable bonds is 10. The molecule has 2 atom stereocenters. The van der Waals surface area contributed by atoms with E-state index >= 15 is 0 Å². The lowest BCUT2D eigenvalue weighted by Gasteiger charge is -2.24. The third-order valence-electron chi connectivity index (χ3n) is 4.05. The van der Waals surface area contributed by atoms with Crippen molar-refractivity contribution in [1.29, 1.82) is 0 Å². The molecule has 124 valence electrons. The van der Waals surface area contributed by atoms with Crippen LogP contribution in [0.2, 0.25) is 0 Å². The molecule has 0 bridgehead atoms. The number of carbonyl (C=O) groups excluding carboxylic acids is 2. The molecule has 0 rings (SSSR count). The van der Waals surface area contributed by atoms with Crippen LogP contribution in [0.25, 0.3) is 0 Å². The molecular formula is C16H33N3O2. The minimum Gasteiger partial charge on any atom is -0.345 e. The highest BCUT2D eigenvalue weighted by molar-refractivity contribution is 5.87. The molecule has 0 heterocycles. The minimum atomic E-state index is -0.454. The number of amides is 2. The molecule has 5 nitrogen and oxygen atoms in total. The molecule has 0 aliphatic carbocycles. The molecular weight excluding hydrogens is 266 g/mol. The Bertz CT molecular complexity index is 315. The van der Waals surface area contributed by atoms with Gasteiger partial charge in [0.25, 0.3) is 0 Å². The molecule has 3 N–H and O–H groups in total. The summed E-state index contributed by atoms with van der Waals surface area (Å²) in [6, 6.07) is -0.454. The molecule has 0 aliphatic rings. The van der Waals surface area contributed by atoms with E-state index in [1.54, 1.807) is 11.8 Å². The molecule has 0 saturated heterocycles. The molecule has 0 radical (unpaired) electrons. The van der Waals surface area contributed by atoms with Gasteiger partial charge in [-0.15, -0.1) is 0 Å². The van der Waals surface area contributed by atoms with E-state index in [2.05, 4.69) is 19.2 Å². The quantitative estimate of drug-likeness (QED) is 0.645. The van der Waals surface area contributed by atoms with Crippen molar-refractivity contribution in [3.8, 4) is 0 Å². The predicted octanol–water partition coefficient (Wildman–Crippen LogP) is 1.76. The lowest BCUT2D eigenvalue weighted by molar-refractivity contribution is -0.135. The van der Waals surface area contributed by atoms with Gasteiger partial charge in [-0.3, -0.25) is 9.59 Å². The molecule has 2 unspecified atom stereocenters. The monoisotopic (exact) mass is 299 g/mol. The fourth-order valence-electron chi connectivity index (χ4n) is 2.53. The fraction of sp³-hybridized carbons (Fsp3) is 0.875. The van der Waals surface area contributed by atoms with Gasteiger partial charge in [-0.1, -0.05) is 13.8 Å². The first-order chi connectivity index (χ1) is 9.87. The van der Waals surface area contributed by atoms with Crippen LogP contribution in [-0.2, 0) is 9.59 Å². The second-order valence-electron chi connectivity index (χ2n) is 5.92. The maximum Gasteiger partial charge on any atom is 0.244 e. The van der Waals surface area contributed by atoms with Gasteiger partial charge in [0.05, 0.1) is 0 Å². The molecule has 0 aromatic rings. The largest absolute Gasteiger partial charge is 0.345 e. The predicted molar refractivity (Wildman–Crippen MR) is 86.8 cm³/mol. The maximum atomic E-state index is 12.1. The van der Waals surface area contributed by atoms with Gasteiger partial charge >= 0.3 is 0 Å². The summed E-state index contributed by atoms with van der Waals surface area (Å²) < 4.78 is 0. The first-order valence-corrected chi connectivity index (χ1v) is 8.15. The van der Waals surface area contributed by atoms with E-state index in [1.807, 2.05) is 13.8 Å². The topological polar surface area (TPSA) is 75.4 Å². The minimum absolute atomic E-state index is 0.0179. The zero-order valence-corrected chi connectivity index (χ0v) is 14.3. The normalized spacial score (nSPS) is 13.9.